The lowest BCUT2D eigenvalue weighted by molar-refractivity contribution is 0.0941. The molecule has 0 spiro atoms. The average molecular weight is 369 g/mol. The molecule has 0 atom stereocenters. The number of aromatic nitrogens is 7. The Morgan fingerprint density at radius 3 is 2.78 bits per heavy atom. The molecule has 0 saturated heterocycles. The summed E-state index contributed by atoms with van der Waals surface area (Å²) in [5, 5.41) is 14.5. The highest BCUT2D eigenvalue weighted by Crippen LogP contribution is 2.26. The third-order valence-corrected chi connectivity index (χ3v) is 4.49. The van der Waals surface area contributed by atoms with Gasteiger partial charge in [0.05, 0.1) is 18.8 Å². The number of carbonyl (C=O) groups is 1. The predicted molar refractivity (Wildman–Crippen MR) is 92.0 cm³/mol. The molecule has 1 aliphatic rings. The van der Waals surface area contributed by atoms with Gasteiger partial charge in [0.15, 0.2) is 5.69 Å². The van der Waals surface area contributed by atoms with Gasteiger partial charge in [-0.1, -0.05) is 10.4 Å². The molecule has 4 rings (SSSR count). The van der Waals surface area contributed by atoms with Gasteiger partial charge in [0.25, 0.3) is 5.91 Å². The van der Waals surface area contributed by atoms with Crippen molar-refractivity contribution in [3.05, 3.63) is 36.2 Å². The maximum absolute atomic E-state index is 12.3. The van der Waals surface area contributed by atoms with Gasteiger partial charge in [-0.25, -0.2) is 14.6 Å². The fourth-order valence-corrected chi connectivity index (χ4v) is 3.00. The van der Waals surface area contributed by atoms with Crippen LogP contribution >= 0.6 is 0 Å². The van der Waals surface area contributed by atoms with Gasteiger partial charge >= 0.3 is 0 Å². The highest BCUT2D eigenvalue weighted by molar-refractivity contribution is 5.91. The summed E-state index contributed by atoms with van der Waals surface area (Å²) >= 11 is 0. The Morgan fingerprint density at radius 2 is 2.00 bits per heavy atom. The molecule has 0 aliphatic heterocycles. The zero-order chi connectivity index (χ0) is 18.6. The topological polar surface area (TPSA) is 151 Å². The fourth-order valence-electron chi connectivity index (χ4n) is 3.00. The summed E-state index contributed by atoms with van der Waals surface area (Å²) < 4.78 is 6.86. The third-order valence-electron chi connectivity index (χ3n) is 4.49. The second kappa shape index (κ2) is 7.58. The van der Waals surface area contributed by atoms with Gasteiger partial charge in [0.1, 0.15) is 0 Å². The number of rotatable bonds is 5. The van der Waals surface area contributed by atoms with Gasteiger partial charge in [-0.05, 0) is 31.7 Å². The normalized spacial score (nSPS) is 19.7. The van der Waals surface area contributed by atoms with E-state index in [2.05, 4.69) is 35.7 Å². The van der Waals surface area contributed by atoms with Crippen molar-refractivity contribution in [3.8, 4) is 11.6 Å². The van der Waals surface area contributed by atoms with E-state index in [0.717, 1.165) is 25.7 Å². The highest BCUT2D eigenvalue weighted by atomic mass is 16.5. The standard InChI is InChI=1S/C16H19N9O2/c17-10-2-4-11(5-3-10)25-9-12(22-24-25)16(26)20-8-13-21-15(23-27-13)14-18-6-1-7-19-14/h1,6-7,9-11H,2-5,8,17H2,(H,20,26). The van der Waals surface area contributed by atoms with E-state index in [-0.39, 0.29) is 41.9 Å². The number of hydrogen-bond donors (Lipinski definition) is 2. The highest BCUT2D eigenvalue weighted by Gasteiger charge is 2.22. The smallest absolute Gasteiger partial charge is 0.273 e. The van der Waals surface area contributed by atoms with Crippen LogP contribution in [0.2, 0.25) is 0 Å². The molecule has 0 aromatic carbocycles. The van der Waals surface area contributed by atoms with Crippen LogP contribution in [-0.2, 0) is 6.54 Å². The molecule has 0 unspecified atom stereocenters. The molecule has 1 amide bonds. The quantitative estimate of drug-likeness (QED) is 0.654. The Labute approximate surface area is 154 Å². The largest absolute Gasteiger partial charge is 0.342 e. The second-order valence-corrected chi connectivity index (χ2v) is 6.42. The molecule has 3 N–H and O–H groups in total. The minimum absolute atomic E-state index is 0.0732. The SMILES string of the molecule is NC1CCC(n2cc(C(=O)NCc3nc(-c4ncccn4)no3)nn2)CC1. The van der Waals surface area contributed by atoms with Crippen molar-refractivity contribution < 1.29 is 9.32 Å². The summed E-state index contributed by atoms with van der Waals surface area (Å²) in [6, 6.07) is 2.19. The molecule has 3 aromatic rings. The Balaban J connectivity index is 1.34. The van der Waals surface area contributed by atoms with E-state index in [1.165, 1.54) is 0 Å². The first-order valence-corrected chi connectivity index (χ1v) is 8.74. The van der Waals surface area contributed by atoms with Gasteiger partial charge < -0.3 is 15.6 Å². The molecule has 3 heterocycles. The maximum atomic E-state index is 12.3. The van der Waals surface area contributed by atoms with Crippen molar-refractivity contribution in [1.29, 1.82) is 0 Å². The van der Waals surface area contributed by atoms with Gasteiger partial charge in [-0.15, -0.1) is 5.10 Å². The molecule has 140 valence electrons. The van der Waals surface area contributed by atoms with Gasteiger partial charge in [-0.3, -0.25) is 4.79 Å². The number of amides is 1. The predicted octanol–water partition coefficient (Wildman–Crippen LogP) is 0.490. The summed E-state index contributed by atoms with van der Waals surface area (Å²) in [6.45, 7) is 0.0732. The van der Waals surface area contributed by atoms with E-state index in [1.807, 2.05) is 0 Å². The molecule has 27 heavy (non-hydrogen) atoms. The number of hydrogen-bond acceptors (Lipinski definition) is 9. The minimum Gasteiger partial charge on any atom is -0.342 e. The Morgan fingerprint density at radius 1 is 1.22 bits per heavy atom. The maximum Gasteiger partial charge on any atom is 0.273 e. The summed E-state index contributed by atoms with van der Waals surface area (Å²) in [5.74, 6) is 0.513. The van der Waals surface area contributed by atoms with Crippen molar-refractivity contribution in [2.24, 2.45) is 5.73 Å². The number of nitrogens with one attached hydrogen (secondary N) is 1. The van der Waals surface area contributed by atoms with E-state index in [4.69, 9.17) is 10.3 Å². The van der Waals surface area contributed by atoms with E-state index >= 15 is 0 Å². The lowest BCUT2D eigenvalue weighted by Crippen LogP contribution is -2.28. The summed E-state index contributed by atoms with van der Waals surface area (Å²) in [6.07, 6.45) is 8.63. The van der Waals surface area contributed by atoms with Crippen LogP contribution in [0.4, 0.5) is 0 Å². The molecular weight excluding hydrogens is 350 g/mol. The molecule has 0 bridgehead atoms. The molecular formula is C16H19N9O2. The molecule has 11 nitrogen and oxygen atoms in total. The zero-order valence-corrected chi connectivity index (χ0v) is 14.5. The molecule has 0 radical (unpaired) electrons. The number of nitrogens with zero attached hydrogens (tertiary/aromatic N) is 7. The van der Waals surface area contributed by atoms with Gasteiger partial charge in [-0.2, -0.15) is 4.98 Å². The van der Waals surface area contributed by atoms with Crippen LogP contribution in [0.25, 0.3) is 11.6 Å². The van der Waals surface area contributed by atoms with Crippen LogP contribution in [0.1, 0.15) is 48.1 Å². The minimum atomic E-state index is -0.357. The Hall–Kier alpha value is -3.21. The summed E-state index contributed by atoms with van der Waals surface area (Å²) in [4.78, 5) is 24.5. The van der Waals surface area contributed by atoms with Crippen LogP contribution in [0.5, 0.6) is 0 Å². The third kappa shape index (κ3) is 3.97. The summed E-state index contributed by atoms with van der Waals surface area (Å²) in [5.41, 5.74) is 6.17. The van der Waals surface area contributed by atoms with Crippen molar-refractivity contribution in [3.63, 3.8) is 0 Å². The summed E-state index contributed by atoms with van der Waals surface area (Å²) in [7, 11) is 0. The van der Waals surface area contributed by atoms with Crippen LogP contribution in [0, 0.1) is 0 Å². The number of carbonyl (C=O) groups excluding carboxylic acids is 1. The van der Waals surface area contributed by atoms with Crippen molar-refractivity contribution in [1.82, 2.24) is 40.4 Å². The van der Waals surface area contributed by atoms with Crippen LogP contribution in [0.3, 0.4) is 0 Å². The first-order valence-electron chi connectivity index (χ1n) is 8.74. The van der Waals surface area contributed by atoms with Crippen LogP contribution in [0.15, 0.2) is 29.2 Å². The molecule has 11 heteroatoms. The molecule has 1 aliphatic carbocycles. The van der Waals surface area contributed by atoms with Crippen LogP contribution in [-0.4, -0.2) is 47.1 Å². The van der Waals surface area contributed by atoms with E-state index in [1.54, 1.807) is 29.3 Å². The monoisotopic (exact) mass is 369 g/mol. The molecule has 1 saturated carbocycles. The first-order chi connectivity index (χ1) is 13.2. The van der Waals surface area contributed by atoms with E-state index < -0.39 is 0 Å². The van der Waals surface area contributed by atoms with Crippen molar-refractivity contribution in [2.75, 3.05) is 0 Å². The zero-order valence-electron chi connectivity index (χ0n) is 14.5. The van der Waals surface area contributed by atoms with Gasteiger partial charge in [0, 0.05) is 18.4 Å². The molecule has 3 aromatic heterocycles. The molecule has 1 fully saturated rings. The Bertz CT molecular complexity index is 900. The fraction of sp³-hybridized carbons (Fsp3) is 0.438. The van der Waals surface area contributed by atoms with E-state index in [9.17, 15) is 4.79 Å². The van der Waals surface area contributed by atoms with E-state index in [0.29, 0.717) is 5.82 Å². The average Bonchev–Trinajstić information content (AvgIpc) is 3.37. The van der Waals surface area contributed by atoms with Crippen molar-refractivity contribution >= 4 is 5.91 Å². The van der Waals surface area contributed by atoms with Crippen LogP contribution < -0.4 is 11.1 Å². The second-order valence-electron chi connectivity index (χ2n) is 6.42. The first kappa shape index (κ1) is 17.2. The number of nitrogens with two attached hydrogens (primary N) is 1. The van der Waals surface area contributed by atoms with Crippen molar-refractivity contribution in [2.45, 2.75) is 44.3 Å². The Kier molecular flexibility index (Phi) is 4.83. The van der Waals surface area contributed by atoms with Gasteiger partial charge in [0.2, 0.25) is 17.5 Å². The lowest BCUT2D eigenvalue weighted by atomic mass is 9.92. The lowest BCUT2D eigenvalue weighted by Gasteiger charge is -2.25.